The molecule has 0 spiro atoms. The van der Waals surface area contributed by atoms with Crippen LogP contribution in [0.1, 0.15) is 52.9 Å². The lowest BCUT2D eigenvalue weighted by atomic mass is 9.77. The number of nitrogens with zero attached hydrogens (tertiary/aromatic N) is 1. The number of amides is 1. The van der Waals surface area contributed by atoms with Crippen molar-refractivity contribution in [1.29, 1.82) is 0 Å². The van der Waals surface area contributed by atoms with Crippen molar-refractivity contribution in [2.75, 3.05) is 33.7 Å². The quantitative estimate of drug-likeness (QED) is 0.722. The number of hydrogen-bond donors (Lipinski definition) is 2. The number of likely N-dealkylation sites (N-methyl/N-ethyl adjacent to an activating group) is 1. The Morgan fingerprint density at radius 3 is 2.38 bits per heavy atom. The van der Waals surface area contributed by atoms with E-state index in [0.29, 0.717) is 12.0 Å². The van der Waals surface area contributed by atoms with Crippen molar-refractivity contribution in [3.05, 3.63) is 0 Å². The molecule has 1 aliphatic rings. The second-order valence-corrected chi connectivity index (χ2v) is 6.73. The first-order valence-electron chi connectivity index (χ1n) is 8.66. The molecule has 2 atom stereocenters. The van der Waals surface area contributed by atoms with Crippen molar-refractivity contribution in [1.82, 2.24) is 15.5 Å². The summed E-state index contributed by atoms with van der Waals surface area (Å²) in [6.45, 7) is 9.25. The molecule has 1 amide bonds. The molecule has 1 fully saturated rings. The summed E-state index contributed by atoms with van der Waals surface area (Å²) in [5, 5.41) is 6.65. The summed E-state index contributed by atoms with van der Waals surface area (Å²) in [6.07, 6.45) is 5.36. The number of hydrogen-bond acceptors (Lipinski definition) is 3. The summed E-state index contributed by atoms with van der Waals surface area (Å²) in [5.41, 5.74) is -0.191. The fourth-order valence-corrected chi connectivity index (χ4v) is 3.61. The standard InChI is InChI=1S/C17H35N3O/c1-6-14(7-2)15(20(4)5)12-19-16(21)17(8-3)10-9-11-18-13-17/h14-15,18H,6-13H2,1-5H3,(H,19,21). The summed E-state index contributed by atoms with van der Waals surface area (Å²) in [5.74, 6) is 0.886. The van der Waals surface area contributed by atoms with E-state index < -0.39 is 0 Å². The maximum Gasteiger partial charge on any atom is 0.227 e. The highest BCUT2D eigenvalue weighted by molar-refractivity contribution is 5.83. The summed E-state index contributed by atoms with van der Waals surface area (Å²) < 4.78 is 0. The van der Waals surface area contributed by atoms with Crippen LogP contribution in [0.4, 0.5) is 0 Å². The summed E-state index contributed by atoms with van der Waals surface area (Å²) >= 11 is 0. The van der Waals surface area contributed by atoms with Gasteiger partial charge in [0.15, 0.2) is 0 Å². The number of carbonyl (C=O) groups is 1. The van der Waals surface area contributed by atoms with Crippen molar-refractivity contribution >= 4 is 5.91 Å². The van der Waals surface area contributed by atoms with Gasteiger partial charge in [0.1, 0.15) is 0 Å². The van der Waals surface area contributed by atoms with E-state index in [0.717, 1.165) is 51.7 Å². The van der Waals surface area contributed by atoms with Crippen molar-refractivity contribution in [2.45, 2.75) is 58.9 Å². The van der Waals surface area contributed by atoms with Crippen LogP contribution in [0, 0.1) is 11.3 Å². The van der Waals surface area contributed by atoms with E-state index in [2.05, 4.69) is 50.4 Å². The molecule has 4 nitrogen and oxygen atoms in total. The zero-order valence-corrected chi connectivity index (χ0v) is 14.7. The highest BCUT2D eigenvalue weighted by Crippen LogP contribution is 2.30. The topological polar surface area (TPSA) is 44.4 Å². The molecule has 0 saturated carbocycles. The monoisotopic (exact) mass is 297 g/mol. The van der Waals surface area contributed by atoms with Crippen LogP contribution in [-0.4, -0.2) is 50.6 Å². The molecule has 0 aromatic heterocycles. The molecule has 4 heteroatoms. The lowest BCUT2D eigenvalue weighted by Gasteiger charge is -2.37. The van der Waals surface area contributed by atoms with Gasteiger partial charge in [-0.2, -0.15) is 0 Å². The fourth-order valence-electron chi connectivity index (χ4n) is 3.61. The molecule has 1 aliphatic heterocycles. The molecule has 0 aromatic rings. The van der Waals surface area contributed by atoms with E-state index >= 15 is 0 Å². The third-order valence-corrected chi connectivity index (χ3v) is 5.36. The van der Waals surface area contributed by atoms with Crippen molar-refractivity contribution < 1.29 is 4.79 Å². The lowest BCUT2D eigenvalue weighted by molar-refractivity contribution is -0.132. The van der Waals surface area contributed by atoms with Crippen LogP contribution >= 0.6 is 0 Å². The van der Waals surface area contributed by atoms with Crippen LogP contribution in [0.5, 0.6) is 0 Å². The van der Waals surface area contributed by atoms with Crippen LogP contribution in [0.3, 0.4) is 0 Å². The molecule has 1 saturated heterocycles. The van der Waals surface area contributed by atoms with Crippen molar-refractivity contribution in [3.63, 3.8) is 0 Å². The Morgan fingerprint density at radius 2 is 1.95 bits per heavy atom. The maximum atomic E-state index is 12.7. The van der Waals surface area contributed by atoms with Gasteiger partial charge < -0.3 is 15.5 Å². The van der Waals surface area contributed by atoms with Gasteiger partial charge in [-0.15, -0.1) is 0 Å². The van der Waals surface area contributed by atoms with E-state index in [1.54, 1.807) is 0 Å². The predicted molar refractivity (Wildman–Crippen MR) is 89.4 cm³/mol. The number of carbonyl (C=O) groups excluding carboxylic acids is 1. The van der Waals surface area contributed by atoms with Gasteiger partial charge in [0.05, 0.1) is 5.41 Å². The van der Waals surface area contributed by atoms with E-state index in [1.165, 1.54) is 0 Å². The minimum Gasteiger partial charge on any atom is -0.354 e. The molecule has 2 N–H and O–H groups in total. The highest BCUT2D eigenvalue weighted by Gasteiger charge is 2.38. The lowest BCUT2D eigenvalue weighted by Crippen LogP contribution is -2.53. The van der Waals surface area contributed by atoms with Crippen LogP contribution < -0.4 is 10.6 Å². The van der Waals surface area contributed by atoms with E-state index in [-0.39, 0.29) is 11.3 Å². The third kappa shape index (κ3) is 4.68. The summed E-state index contributed by atoms with van der Waals surface area (Å²) in [7, 11) is 4.24. The molecule has 1 heterocycles. The van der Waals surface area contributed by atoms with Gasteiger partial charge in [0.2, 0.25) is 5.91 Å². The van der Waals surface area contributed by atoms with E-state index in [9.17, 15) is 4.79 Å². The molecule has 21 heavy (non-hydrogen) atoms. The van der Waals surface area contributed by atoms with Crippen LogP contribution in [0.15, 0.2) is 0 Å². The Hall–Kier alpha value is -0.610. The normalized spacial score (nSPS) is 24.3. The highest BCUT2D eigenvalue weighted by atomic mass is 16.2. The number of nitrogens with one attached hydrogen (secondary N) is 2. The minimum atomic E-state index is -0.191. The number of rotatable bonds is 8. The van der Waals surface area contributed by atoms with Gasteiger partial charge in [-0.25, -0.2) is 0 Å². The van der Waals surface area contributed by atoms with E-state index in [4.69, 9.17) is 0 Å². The third-order valence-electron chi connectivity index (χ3n) is 5.36. The molecule has 124 valence electrons. The Balaban J connectivity index is 2.63. The molecular weight excluding hydrogens is 262 g/mol. The second kappa shape index (κ2) is 8.74. The van der Waals surface area contributed by atoms with Crippen molar-refractivity contribution in [3.8, 4) is 0 Å². The zero-order chi connectivity index (χ0) is 15.9. The van der Waals surface area contributed by atoms with Gasteiger partial charge in [0, 0.05) is 19.1 Å². The smallest absolute Gasteiger partial charge is 0.227 e. The Labute approximate surface area is 131 Å². The summed E-state index contributed by atoms with van der Waals surface area (Å²) in [4.78, 5) is 15.0. The zero-order valence-electron chi connectivity index (χ0n) is 14.7. The molecule has 1 rings (SSSR count). The molecular formula is C17H35N3O. The largest absolute Gasteiger partial charge is 0.354 e. The second-order valence-electron chi connectivity index (χ2n) is 6.73. The average molecular weight is 297 g/mol. The van der Waals surface area contributed by atoms with E-state index in [1.807, 2.05) is 0 Å². The van der Waals surface area contributed by atoms with Crippen LogP contribution in [0.25, 0.3) is 0 Å². The van der Waals surface area contributed by atoms with Crippen LogP contribution in [-0.2, 0) is 4.79 Å². The first kappa shape index (κ1) is 18.4. The molecule has 0 aliphatic carbocycles. The van der Waals surface area contributed by atoms with Gasteiger partial charge >= 0.3 is 0 Å². The number of piperidine rings is 1. The SMILES string of the molecule is CCC(CC)C(CNC(=O)C1(CC)CCCNC1)N(C)C. The minimum absolute atomic E-state index is 0.191. The Kier molecular flexibility index (Phi) is 7.67. The first-order valence-corrected chi connectivity index (χ1v) is 8.66. The van der Waals surface area contributed by atoms with Gasteiger partial charge in [-0.3, -0.25) is 4.79 Å². The average Bonchev–Trinajstić information content (AvgIpc) is 2.51. The van der Waals surface area contributed by atoms with Crippen LogP contribution in [0.2, 0.25) is 0 Å². The first-order chi connectivity index (χ1) is 10.0. The predicted octanol–water partition coefficient (Wildman–Crippen LogP) is 2.25. The Morgan fingerprint density at radius 1 is 1.29 bits per heavy atom. The molecule has 0 aromatic carbocycles. The van der Waals surface area contributed by atoms with Gasteiger partial charge in [-0.05, 0) is 45.8 Å². The fraction of sp³-hybridized carbons (Fsp3) is 0.941. The van der Waals surface area contributed by atoms with Crippen molar-refractivity contribution in [2.24, 2.45) is 11.3 Å². The molecule has 2 unspecified atom stereocenters. The molecule has 0 radical (unpaired) electrons. The van der Waals surface area contributed by atoms with Gasteiger partial charge in [0.25, 0.3) is 0 Å². The Bertz CT molecular complexity index is 307. The maximum absolute atomic E-state index is 12.7. The molecule has 0 bridgehead atoms. The van der Waals surface area contributed by atoms with Gasteiger partial charge in [-0.1, -0.05) is 33.6 Å². The summed E-state index contributed by atoms with van der Waals surface area (Å²) in [6, 6.07) is 0.425.